The molecule has 0 aliphatic rings. The molecule has 0 bridgehead atoms. The number of benzene rings is 1. The standard InChI is InChI=1S/C10H5ClF3IN2O2/c11-6-3-5(19-10(12,13)14)4-7(15)9(6)17-8(18)1-2-16/h3-4H,1H2,(H,17,18). The van der Waals surface area contributed by atoms with Gasteiger partial charge in [0, 0.05) is 9.64 Å². The highest BCUT2D eigenvalue weighted by Gasteiger charge is 2.31. The maximum Gasteiger partial charge on any atom is 0.573 e. The Balaban J connectivity index is 2.98. The number of carbonyl (C=O) groups excluding carboxylic acids is 1. The van der Waals surface area contributed by atoms with E-state index in [1.807, 2.05) is 0 Å². The minimum Gasteiger partial charge on any atom is -0.406 e. The summed E-state index contributed by atoms with van der Waals surface area (Å²) in [5.74, 6) is -1.09. The maximum atomic E-state index is 12.0. The Bertz CT molecular complexity index is 520. The van der Waals surface area contributed by atoms with Gasteiger partial charge in [-0.3, -0.25) is 4.79 Å². The van der Waals surface area contributed by atoms with Crippen LogP contribution < -0.4 is 10.1 Å². The van der Waals surface area contributed by atoms with Crippen LogP contribution in [0.5, 0.6) is 5.75 Å². The highest BCUT2D eigenvalue weighted by Crippen LogP contribution is 2.34. The number of anilines is 1. The van der Waals surface area contributed by atoms with E-state index in [-0.39, 0.29) is 20.7 Å². The molecular weight excluding hydrogens is 399 g/mol. The van der Waals surface area contributed by atoms with E-state index in [4.69, 9.17) is 16.9 Å². The Labute approximate surface area is 124 Å². The van der Waals surface area contributed by atoms with Gasteiger partial charge in [0.05, 0.1) is 16.8 Å². The first-order chi connectivity index (χ1) is 8.73. The van der Waals surface area contributed by atoms with Crippen LogP contribution in [0.1, 0.15) is 6.42 Å². The van der Waals surface area contributed by atoms with Gasteiger partial charge in [0.1, 0.15) is 12.2 Å². The molecule has 0 heterocycles. The summed E-state index contributed by atoms with van der Waals surface area (Å²) in [7, 11) is 0. The second-order valence-electron chi connectivity index (χ2n) is 3.19. The second-order valence-corrected chi connectivity index (χ2v) is 4.76. The summed E-state index contributed by atoms with van der Waals surface area (Å²) >= 11 is 7.45. The van der Waals surface area contributed by atoms with Crippen LogP contribution in [0.15, 0.2) is 12.1 Å². The van der Waals surface area contributed by atoms with Gasteiger partial charge >= 0.3 is 6.36 Å². The van der Waals surface area contributed by atoms with Crippen molar-refractivity contribution in [3.63, 3.8) is 0 Å². The number of nitrogens with zero attached hydrogens (tertiary/aromatic N) is 1. The summed E-state index contributed by atoms with van der Waals surface area (Å²) in [6, 6.07) is 3.64. The normalized spacial score (nSPS) is 10.7. The first kappa shape index (κ1) is 15.8. The molecule has 1 aromatic carbocycles. The SMILES string of the molecule is N#CCC(=O)Nc1c(Cl)cc(OC(F)(F)F)cc1I. The molecule has 1 rings (SSSR count). The van der Waals surface area contributed by atoms with Gasteiger partial charge in [-0.25, -0.2) is 0 Å². The third-order valence-corrected chi connectivity index (χ3v) is 2.90. The van der Waals surface area contributed by atoms with Crippen LogP contribution in [-0.4, -0.2) is 12.3 Å². The van der Waals surface area contributed by atoms with Crippen molar-refractivity contribution in [2.24, 2.45) is 0 Å². The van der Waals surface area contributed by atoms with E-state index in [2.05, 4.69) is 10.1 Å². The van der Waals surface area contributed by atoms with Crippen molar-refractivity contribution < 1.29 is 22.7 Å². The highest BCUT2D eigenvalue weighted by atomic mass is 127. The van der Waals surface area contributed by atoms with Gasteiger partial charge < -0.3 is 10.1 Å². The molecule has 0 atom stereocenters. The zero-order valence-corrected chi connectivity index (χ0v) is 11.9. The van der Waals surface area contributed by atoms with Crippen LogP contribution in [0.2, 0.25) is 5.02 Å². The first-order valence-corrected chi connectivity index (χ1v) is 6.10. The fourth-order valence-electron chi connectivity index (χ4n) is 1.12. The summed E-state index contributed by atoms with van der Waals surface area (Å²) in [6.07, 6.45) is -5.20. The molecule has 9 heteroatoms. The molecule has 0 fully saturated rings. The molecule has 0 saturated heterocycles. The van der Waals surface area contributed by atoms with Gasteiger partial charge in [-0.2, -0.15) is 5.26 Å². The van der Waals surface area contributed by atoms with Crippen molar-refractivity contribution in [2.45, 2.75) is 12.8 Å². The highest BCUT2D eigenvalue weighted by molar-refractivity contribution is 14.1. The third kappa shape index (κ3) is 5.12. The molecule has 0 saturated carbocycles. The van der Waals surface area contributed by atoms with Gasteiger partial charge in [0.25, 0.3) is 0 Å². The molecule has 0 aliphatic carbocycles. The van der Waals surface area contributed by atoms with Gasteiger partial charge in [0.15, 0.2) is 0 Å². The number of nitriles is 1. The van der Waals surface area contributed by atoms with Crippen LogP contribution in [0, 0.1) is 14.9 Å². The Kier molecular flexibility index (Phi) is 5.25. The molecular formula is C10H5ClF3IN2O2. The zero-order chi connectivity index (χ0) is 14.6. The number of hydrogen-bond donors (Lipinski definition) is 1. The molecule has 1 aromatic rings. The molecule has 1 amide bonds. The Morgan fingerprint density at radius 3 is 2.63 bits per heavy atom. The van der Waals surface area contributed by atoms with Crippen LogP contribution in [0.4, 0.5) is 18.9 Å². The van der Waals surface area contributed by atoms with E-state index in [1.165, 1.54) is 0 Å². The molecule has 0 aromatic heterocycles. The minimum absolute atomic E-state index is 0.113. The van der Waals surface area contributed by atoms with Crippen LogP contribution in [0.3, 0.4) is 0 Å². The van der Waals surface area contributed by atoms with E-state index in [1.54, 1.807) is 28.7 Å². The fourth-order valence-corrected chi connectivity index (χ4v) is 2.27. The Hall–Kier alpha value is -1.21. The molecule has 1 N–H and O–H groups in total. The van der Waals surface area contributed by atoms with E-state index in [0.717, 1.165) is 12.1 Å². The lowest BCUT2D eigenvalue weighted by Crippen LogP contribution is -2.17. The number of halogens is 5. The quantitative estimate of drug-likeness (QED) is 0.782. The van der Waals surface area contributed by atoms with E-state index >= 15 is 0 Å². The molecule has 102 valence electrons. The summed E-state index contributed by atoms with van der Waals surface area (Å²) < 4.78 is 40.1. The predicted molar refractivity (Wildman–Crippen MR) is 69.7 cm³/mol. The van der Waals surface area contributed by atoms with E-state index in [0.29, 0.717) is 0 Å². The summed E-state index contributed by atoms with van der Waals surface area (Å²) in [5.41, 5.74) is 0.136. The van der Waals surface area contributed by atoms with Crippen LogP contribution in [-0.2, 0) is 4.79 Å². The fraction of sp³-hybridized carbons (Fsp3) is 0.200. The largest absolute Gasteiger partial charge is 0.573 e. The lowest BCUT2D eigenvalue weighted by Gasteiger charge is -2.13. The predicted octanol–water partition coefficient (Wildman–Crippen LogP) is 3.70. The average molecular weight is 405 g/mol. The molecule has 0 radical (unpaired) electrons. The van der Waals surface area contributed by atoms with Crippen molar-refractivity contribution in [2.75, 3.05) is 5.32 Å². The molecule has 0 aliphatic heterocycles. The maximum absolute atomic E-state index is 12.0. The van der Waals surface area contributed by atoms with Crippen molar-refractivity contribution in [1.29, 1.82) is 5.26 Å². The zero-order valence-electron chi connectivity index (χ0n) is 9.02. The number of ether oxygens (including phenoxy) is 1. The Morgan fingerprint density at radius 1 is 1.53 bits per heavy atom. The molecule has 0 unspecified atom stereocenters. The van der Waals surface area contributed by atoms with Crippen LogP contribution in [0.25, 0.3) is 0 Å². The van der Waals surface area contributed by atoms with Crippen molar-refractivity contribution >= 4 is 45.8 Å². The lowest BCUT2D eigenvalue weighted by molar-refractivity contribution is -0.274. The van der Waals surface area contributed by atoms with Gasteiger partial charge in [0.2, 0.25) is 5.91 Å². The molecule has 4 nitrogen and oxygen atoms in total. The number of alkyl halides is 3. The molecule has 19 heavy (non-hydrogen) atoms. The van der Waals surface area contributed by atoms with Gasteiger partial charge in [-0.05, 0) is 28.7 Å². The summed E-state index contributed by atoms with van der Waals surface area (Å²) in [4.78, 5) is 11.2. The van der Waals surface area contributed by atoms with Crippen molar-refractivity contribution in [3.8, 4) is 11.8 Å². The topological polar surface area (TPSA) is 62.1 Å². The third-order valence-electron chi connectivity index (χ3n) is 1.75. The first-order valence-electron chi connectivity index (χ1n) is 4.64. The second kappa shape index (κ2) is 6.29. The minimum atomic E-state index is -4.82. The monoisotopic (exact) mass is 404 g/mol. The van der Waals surface area contributed by atoms with Crippen molar-refractivity contribution in [1.82, 2.24) is 0 Å². The van der Waals surface area contributed by atoms with Gasteiger partial charge in [-0.15, -0.1) is 13.2 Å². The van der Waals surface area contributed by atoms with E-state index in [9.17, 15) is 18.0 Å². The smallest absolute Gasteiger partial charge is 0.406 e. The number of carbonyl (C=O) groups is 1. The average Bonchev–Trinajstić information content (AvgIpc) is 2.21. The number of rotatable bonds is 3. The number of nitrogens with one attached hydrogen (secondary N) is 1. The summed E-state index contributed by atoms with van der Waals surface area (Å²) in [5, 5.41) is 10.6. The van der Waals surface area contributed by atoms with Crippen LogP contribution >= 0.6 is 34.2 Å². The van der Waals surface area contributed by atoms with Crippen molar-refractivity contribution in [3.05, 3.63) is 20.7 Å². The van der Waals surface area contributed by atoms with E-state index < -0.39 is 18.0 Å². The summed E-state index contributed by atoms with van der Waals surface area (Å²) in [6.45, 7) is 0. The number of amides is 1. The Morgan fingerprint density at radius 2 is 2.16 bits per heavy atom. The number of hydrogen-bond acceptors (Lipinski definition) is 3. The lowest BCUT2D eigenvalue weighted by atomic mass is 10.3. The van der Waals surface area contributed by atoms with Gasteiger partial charge in [-0.1, -0.05) is 11.6 Å². The molecule has 0 spiro atoms.